The maximum atomic E-state index is 13.2. The van der Waals surface area contributed by atoms with Gasteiger partial charge in [0, 0.05) is 37.5 Å². The molecule has 0 radical (unpaired) electrons. The molecule has 130 valence electrons. The van der Waals surface area contributed by atoms with Gasteiger partial charge in [-0.15, -0.1) is 0 Å². The van der Waals surface area contributed by atoms with Gasteiger partial charge in [-0.2, -0.15) is 9.37 Å². The molecule has 1 fully saturated rings. The third-order valence-corrected chi connectivity index (χ3v) is 3.89. The highest BCUT2D eigenvalue weighted by molar-refractivity contribution is 5.60. The number of pyridine rings is 1. The zero-order valence-corrected chi connectivity index (χ0v) is 14.0. The third kappa shape index (κ3) is 4.64. The first kappa shape index (κ1) is 17.1. The monoisotopic (exact) mass is 340 g/mol. The topological polar surface area (TPSA) is 80.0 Å². The van der Waals surface area contributed by atoms with Crippen LogP contribution in [0.1, 0.15) is 31.2 Å². The minimum Gasteiger partial charge on any atom is -0.355 e. The lowest BCUT2D eigenvalue weighted by Crippen LogP contribution is -2.21. The number of unbranched alkanes of at least 4 members (excludes halogenated alkanes) is 1. The van der Waals surface area contributed by atoms with Crippen LogP contribution in [-0.2, 0) is 0 Å². The summed E-state index contributed by atoms with van der Waals surface area (Å²) in [5.41, 5.74) is 6.87. The lowest BCUT2D eigenvalue weighted by Gasteiger charge is -2.18. The molecule has 2 aromatic rings. The van der Waals surface area contributed by atoms with Crippen molar-refractivity contribution in [3.8, 4) is 11.8 Å². The Labute approximate surface area is 146 Å². The Morgan fingerprint density at radius 1 is 1.28 bits per heavy atom. The van der Waals surface area contributed by atoms with Gasteiger partial charge < -0.3 is 16.0 Å². The second kappa shape index (κ2) is 8.40. The second-order valence-electron chi connectivity index (χ2n) is 5.81. The summed E-state index contributed by atoms with van der Waals surface area (Å²) < 4.78 is 13.2. The normalized spacial score (nSPS) is 13.4. The van der Waals surface area contributed by atoms with Gasteiger partial charge in [-0.1, -0.05) is 11.8 Å². The average molecular weight is 340 g/mol. The summed E-state index contributed by atoms with van der Waals surface area (Å²) in [5.74, 6) is 6.97. The molecule has 1 saturated heterocycles. The van der Waals surface area contributed by atoms with Crippen molar-refractivity contribution in [1.29, 1.82) is 0 Å². The van der Waals surface area contributed by atoms with E-state index in [1.165, 1.54) is 12.3 Å². The van der Waals surface area contributed by atoms with Gasteiger partial charge >= 0.3 is 0 Å². The molecule has 2 aromatic heterocycles. The number of halogens is 1. The third-order valence-electron chi connectivity index (χ3n) is 3.89. The molecule has 0 aromatic carbocycles. The van der Waals surface area contributed by atoms with Crippen LogP contribution in [0.3, 0.4) is 0 Å². The molecule has 0 saturated carbocycles. The van der Waals surface area contributed by atoms with Crippen LogP contribution >= 0.6 is 0 Å². The minimum atomic E-state index is -0.549. The second-order valence-corrected chi connectivity index (χ2v) is 5.81. The van der Waals surface area contributed by atoms with E-state index in [0.717, 1.165) is 50.2 Å². The molecule has 7 heteroatoms. The van der Waals surface area contributed by atoms with Crippen molar-refractivity contribution in [2.24, 2.45) is 5.73 Å². The van der Waals surface area contributed by atoms with E-state index in [4.69, 9.17) is 5.73 Å². The smallest absolute Gasteiger partial charge is 0.229 e. The molecule has 3 rings (SSSR count). The number of hydrogen-bond donors (Lipinski definition) is 2. The summed E-state index contributed by atoms with van der Waals surface area (Å²) in [4.78, 5) is 14.7. The number of nitrogens with one attached hydrogen (secondary N) is 1. The Hall–Kier alpha value is -2.72. The molecule has 6 nitrogen and oxygen atoms in total. The van der Waals surface area contributed by atoms with Crippen LogP contribution in [-0.4, -0.2) is 34.6 Å². The molecule has 0 spiro atoms. The van der Waals surface area contributed by atoms with E-state index in [1.807, 2.05) is 0 Å². The molecular formula is C18H21FN6. The van der Waals surface area contributed by atoms with E-state index in [9.17, 15) is 4.39 Å². The lowest BCUT2D eigenvalue weighted by atomic mass is 10.2. The van der Waals surface area contributed by atoms with Crippen molar-refractivity contribution in [2.75, 3.05) is 29.9 Å². The van der Waals surface area contributed by atoms with Crippen LogP contribution in [0.5, 0.6) is 0 Å². The van der Waals surface area contributed by atoms with Crippen molar-refractivity contribution in [1.82, 2.24) is 15.0 Å². The first-order valence-corrected chi connectivity index (χ1v) is 8.46. The van der Waals surface area contributed by atoms with Gasteiger partial charge in [-0.25, -0.2) is 9.97 Å². The summed E-state index contributed by atoms with van der Waals surface area (Å²) in [6, 6.07) is 2.97. The maximum Gasteiger partial charge on any atom is 0.229 e. The average Bonchev–Trinajstić information content (AvgIpc) is 3.14. The van der Waals surface area contributed by atoms with Gasteiger partial charge in [-0.3, -0.25) is 0 Å². The van der Waals surface area contributed by atoms with Crippen molar-refractivity contribution in [3.63, 3.8) is 0 Å². The Bertz CT molecular complexity index is 777. The van der Waals surface area contributed by atoms with Crippen molar-refractivity contribution in [2.45, 2.75) is 25.7 Å². The van der Waals surface area contributed by atoms with E-state index >= 15 is 0 Å². The first-order valence-electron chi connectivity index (χ1n) is 8.46. The number of hydrogen-bond acceptors (Lipinski definition) is 6. The summed E-state index contributed by atoms with van der Waals surface area (Å²) >= 11 is 0. The zero-order chi connectivity index (χ0) is 17.5. The van der Waals surface area contributed by atoms with Gasteiger partial charge in [0.05, 0.1) is 11.8 Å². The molecule has 0 aliphatic carbocycles. The fourth-order valence-electron chi connectivity index (χ4n) is 2.65. The quantitative estimate of drug-likeness (QED) is 0.494. The molecule has 0 bridgehead atoms. The lowest BCUT2D eigenvalue weighted by molar-refractivity contribution is 0.584. The van der Waals surface area contributed by atoms with Crippen LogP contribution in [0, 0.1) is 17.8 Å². The molecule has 1 aliphatic heterocycles. The predicted octanol–water partition coefficient (Wildman–Crippen LogP) is 2.44. The van der Waals surface area contributed by atoms with Gasteiger partial charge in [0.25, 0.3) is 0 Å². The maximum absolute atomic E-state index is 13.2. The number of nitrogens with two attached hydrogens (primary N) is 1. The van der Waals surface area contributed by atoms with Crippen LogP contribution in [0.2, 0.25) is 0 Å². The molecule has 0 unspecified atom stereocenters. The van der Waals surface area contributed by atoms with Crippen molar-refractivity contribution >= 4 is 17.5 Å². The molecular weight excluding hydrogens is 319 g/mol. The van der Waals surface area contributed by atoms with Crippen LogP contribution in [0.4, 0.5) is 21.8 Å². The predicted molar refractivity (Wildman–Crippen MR) is 96.1 cm³/mol. The van der Waals surface area contributed by atoms with Crippen LogP contribution < -0.4 is 16.0 Å². The van der Waals surface area contributed by atoms with Crippen molar-refractivity contribution in [3.05, 3.63) is 36.0 Å². The fourth-order valence-corrected chi connectivity index (χ4v) is 2.65. The highest BCUT2D eigenvalue weighted by Crippen LogP contribution is 2.24. The van der Waals surface area contributed by atoms with E-state index < -0.39 is 5.95 Å². The number of nitrogens with zero attached hydrogens (tertiary/aromatic N) is 4. The minimum absolute atomic E-state index is 0.417. The molecule has 0 atom stereocenters. The zero-order valence-electron chi connectivity index (χ0n) is 14.0. The number of rotatable bonds is 5. The summed E-state index contributed by atoms with van der Waals surface area (Å²) in [6.07, 6.45) is 7.03. The van der Waals surface area contributed by atoms with E-state index in [2.05, 4.69) is 37.0 Å². The molecule has 3 N–H and O–H groups in total. The Morgan fingerprint density at radius 2 is 2.12 bits per heavy atom. The number of aromatic nitrogens is 3. The molecule has 0 amide bonds. The van der Waals surface area contributed by atoms with Crippen LogP contribution in [0.15, 0.2) is 24.5 Å². The Balaban J connectivity index is 1.85. The fraction of sp³-hybridized carbons (Fsp3) is 0.389. The van der Waals surface area contributed by atoms with Crippen LogP contribution in [0.25, 0.3) is 0 Å². The van der Waals surface area contributed by atoms with Gasteiger partial charge in [0.1, 0.15) is 5.82 Å². The van der Waals surface area contributed by atoms with Gasteiger partial charge in [0.2, 0.25) is 11.9 Å². The SMILES string of the molecule is NCCCC#Cc1cnc(Nc2ccnc(F)c2)nc1N1CCCC1. The van der Waals surface area contributed by atoms with E-state index in [1.54, 1.807) is 12.3 Å². The highest BCUT2D eigenvalue weighted by atomic mass is 19.1. The number of anilines is 3. The molecule has 25 heavy (non-hydrogen) atoms. The standard InChI is InChI=1S/C18H21FN6/c19-16-12-15(7-9-21-16)23-18-22-13-14(6-2-1-3-8-20)17(24-18)25-10-4-5-11-25/h7,9,12-13H,1,3-5,8,10-11,20H2,(H,21,22,23,24). The first-order chi connectivity index (χ1) is 12.3. The summed E-state index contributed by atoms with van der Waals surface area (Å²) in [7, 11) is 0. The molecule has 3 heterocycles. The van der Waals surface area contributed by atoms with Gasteiger partial charge in [0.15, 0.2) is 0 Å². The van der Waals surface area contributed by atoms with Gasteiger partial charge in [-0.05, 0) is 31.9 Å². The summed E-state index contributed by atoms with van der Waals surface area (Å²) in [5, 5.41) is 3.02. The van der Waals surface area contributed by atoms with E-state index in [0.29, 0.717) is 18.2 Å². The Kier molecular flexibility index (Phi) is 5.75. The molecule has 1 aliphatic rings. The largest absolute Gasteiger partial charge is 0.355 e. The highest BCUT2D eigenvalue weighted by Gasteiger charge is 2.18. The summed E-state index contributed by atoms with van der Waals surface area (Å²) in [6.45, 7) is 2.55. The van der Waals surface area contributed by atoms with E-state index in [-0.39, 0.29) is 0 Å². The van der Waals surface area contributed by atoms with Crippen molar-refractivity contribution < 1.29 is 4.39 Å². The Morgan fingerprint density at radius 3 is 2.88 bits per heavy atom.